The molecule has 2 aromatic heterocycles. The minimum Gasteiger partial charge on any atom is -0.476 e. The van der Waals surface area contributed by atoms with Gasteiger partial charge < -0.3 is 10.4 Å². The SMILES string of the molecule is O=C(O)c1nn2c(c1Cl)N[C@H](c1cccs1)C[C@H]2C(F)(F)F. The number of thiophene rings is 1. The van der Waals surface area contributed by atoms with Crippen LogP contribution in [0.1, 0.15) is 33.9 Å². The van der Waals surface area contributed by atoms with Crippen molar-refractivity contribution >= 4 is 34.7 Å². The van der Waals surface area contributed by atoms with E-state index in [2.05, 4.69) is 10.4 Å². The molecule has 2 aromatic rings. The van der Waals surface area contributed by atoms with Crippen LogP contribution in [0.3, 0.4) is 0 Å². The minimum atomic E-state index is -4.56. The van der Waals surface area contributed by atoms with Crippen molar-refractivity contribution in [3.05, 3.63) is 33.1 Å². The van der Waals surface area contributed by atoms with Gasteiger partial charge in [-0.1, -0.05) is 17.7 Å². The molecule has 0 bridgehead atoms. The number of carbonyl (C=O) groups is 1. The standard InChI is InChI=1S/C12H9ClF3N3O2S/c13-8-9(11(20)21)18-19-7(12(14,15)16)4-5(17-10(8)19)6-2-1-3-22-6/h1-3,5,7,17H,4H2,(H,20,21)/t5-,7-/m0/s1. The first-order valence-corrected chi connectivity index (χ1v) is 7.42. The number of aromatic nitrogens is 2. The molecule has 3 heterocycles. The summed E-state index contributed by atoms with van der Waals surface area (Å²) in [6, 6.07) is 0.922. The molecule has 0 saturated carbocycles. The van der Waals surface area contributed by atoms with Crippen molar-refractivity contribution in [3.8, 4) is 0 Å². The fourth-order valence-electron chi connectivity index (χ4n) is 2.40. The van der Waals surface area contributed by atoms with Gasteiger partial charge in [-0.25, -0.2) is 9.48 Å². The van der Waals surface area contributed by atoms with E-state index in [1.807, 2.05) is 0 Å². The van der Waals surface area contributed by atoms with Gasteiger partial charge >= 0.3 is 12.1 Å². The van der Waals surface area contributed by atoms with Gasteiger partial charge in [-0.2, -0.15) is 18.3 Å². The highest BCUT2D eigenvalue weighted by Crippen LogP contribution is 2.46. The number of nitrogens with zero attached hydrogens (tertiary/aromatic N) is 2. The largest absolute Gasteiger partial charge is 0.476 e. The lowest BCUT2D eigenvalue weighted by molar-refractivity contribution is -0.173. The van der Waals surface area contributed by atoms with Crippen molar-refractivity contribution in [1.82, 2.24) is 9.78 Å². The second-order valence-corrected chi connectivity index (χ2v) is 6.12. The maximum Gasteiger partial charge on any atom is 0.410 e. The zero-order valence-electron chi connectivity index (χ0n) is 10.8. The summed E-state index contributed by atoms with van der Waals surface area (Å²) in [5.74, 6) is -1.59. The number of carboxylic acids is 1. The molecule has 0 aromatic carbocycles. The summed E-state index contributed by atoms with van der Waals surface area (Å²) in [4.78, 5) is 11.8. The Morgan fingerprint density at radius 3 is 2.82 bits per heavy atom. The summed E-state index contributed by atoms with van der Waals surface area (Å²) in [5, 5.41) is 16.8. The summed E-state index contributed by atoms with van der Waals surface area (Å²) in [6.45, 7) is 0. The number of halogens is 4. The number of nitrogens with one attached hydrogen (secondary N) is 1. The van der Waals surface area contributed by atoms with Gasteiger partial charge in [-0.05, 0) is 11.4 Å². The van der Waals surface area contributed by atoms with E-state index in [-0.39, 0.29) is 17.3 Å². The Hall–Kier alpha value is -1.74. The molecular formula is C12H9ClF3N3O2S. The van der Waals surface area contributed by atoms with Gasteiger partial charge in [0.2, 0.25) is 0 Å². The number of rotatable bonds is 2. The van der Waals surface area contributed by atoms with Gasteiger partial charge in [-0.3, -0.25) is 0 Å². The topological polar surface area (TPSA) is 67.1 Å². The second kappa shape index (κ2) is 5.17. The van der Waals surface area contributed by atoms with E-state index in [0.29, 0.717) is 4.68 Å². The van der Waals surface area contributed by atoms with Crippen LogP contribution in [0.15, 0.2) is 17.5 Å². The average molecular weight is 352 g/mol. The maximum absolute atomic E-state index is 13.3. The van der Waals surface area contributed by atoms with Crippen LogP contribution in [0.5, 0.6) is 0 Å². The zero-order chi connectivity index (χ0) is 16.1. The Balaban J connectivity index is 2.10. The number of hydrogen-bond donors (Lipinski definition) is 2. The van der Waals surface area contributed by atoms with Gasteiger partial charge in [0.1, 0.15) is 10.8 Å². The van der Waals surface area contributed by atoms with Crippen molar-refractivity contribution in [2.24, 2.45) is 0 Å². The number of aromatic carboxylic acids is 1. The Bertz CT molecular complexity index is 714. The van der Waals surface area contributed by atoms with Crippen molar-refractivity contribution in [3.63, 3.8) is 0 Å². The first kappa shape index (κ1) is 15.2. The predicted molar refractivity (Wildman–Crippen MR) is 74.6 cm³/mol. The van der Waals surface area contributed by atoms with E-state index in [9.17, 15) is 18.0 Å². The Kier molecular flexibility index (Phi) is 3.56. The molecule has 0 unspecified atom stereocenters. The van der Waals surface area contributed by atoms with E-state index in [1.54, 1.807) is 17.5 Å². The smallest absolute Gasteiger partial charge is 0.410 e. The number of carboxylic acid groups (broad SMARTS) is 1. The van der Waals surface area contributed by atoms with Gasteiger partial charge in [-0.15, -0.1) is 11.3 Å². The third-order valence-corrected chi connectivity index (χ3v) is 4.73. The summed E-state index contributed by atoms with van der Waals surface area (Å²) >= 11 is 7.21. The van der Waals surface area contributed by atoms with Crippen LogP contribution in [-0.4, -0.2) is 27.0 Å². The molecule has 2 N–H and O–H groups in total. The third kappa shape index (κ3) is 2.44. The highest BCUT2D eigenvalue weighted by Gasteiger charge is 2.48. The molecule has 118 valence electrons. The van der Waals surface area contributed by atoms with E-state index >= 15 is 0 Å². The van der Waals surface area contributed by atoms with E-state index in [0.717, 1.165) is 4.88 Å². The van der Waals surface area contributed by atoms with Crippen LogP contribution in [0.2, 0.25) is 5.02 Å². The lowest BCUT2D eigenvalue weighted by atomic mass is 10.0. The van der Waals surface area contributed by atoms with Crippen molar-refractivity contribution in [2.45, 2.75) is 24.7 Å². The van der Waals surface area contributed by atoms with Crippen LogP contribution in [-0.2, 0) is 0 Å². The summed E-state index contributed by atoms with van der Waals surface area (Å²) in [7, 11) is 0. The molecule has 0 spiro atoms. The van der Waals surface area contributed by atoms with E-state index < -0.39 is 29.9 Å². The lowest BCUT2D eigenvalue weighted by Crippen LogP contribution is -2.35. The van der Waals surface area contributed by atoms with Crippen LogP contribution in [0, 0.1) is 0 Å². The molecule has 1 aliphatic rings. The van der Waals surface area contributed by atoms with Crippen molar-refractivity contribution in [1.29, 1.82) is 0 Å². The first-order valence-electron chi connectivity index (χ1n) is 6.17. The molecule has 0 fully saturated rings. The van der Waals surface area contributed by atoms with Crippen LogP contribution in [0.25, 0.3) is 0 Å². The molecule has 22 heavy (non-hydrogen) atoms. The zero-order valence-corrected chi connectivity index (χ0v) is 12.3. The molecule has 0 saturated heterocycles. The number of alkyl halides is 3. The fraction of sp³-hybridized carbons (Fsp3) is 0.333. The Labute approximate surface area is 131 Å². The van der Waals surface area contributed by atoms with Crippen LogP contribution in [0.4, 0.5) is 19.0 Å². The summed E-state index contributed by atoms with van der Waals surface area (Å²) in [6.07, 6.45) is -4.84. The Morgan fingerprint density at radius 1 is 1.55 bits per heavy atom. The maximum atomic E-state index is 13.3. The number of anilines is 1. The fourth-order valence-corrected chi connectivity index (χ4v) is 3.45. The molecule has 2 atom stereocenters. The lowest BCUT2D eigenvalue weighted by Gasteiger charge is -2.32. The van der Waals surface area contributed by atoms with Gasteiger partial charge in [0, 0.05) is 11.3 Å². The molecule has 3 rings (SSSR count). The molecular weight excluding hydrogens is 343 g/mol. The summed E-state index contributed by atoms with van der Waals surface area (Å²) < 4.78 is 40.5. The van der Waals surface area contributed by atoms with E-state index in [1.165, 1.54) is 11.3 Å². The average Bonchev–Trinajstić information content (AvgIpc) is 3.05. The van der Waals surface area contributed by atoms with Crippen molar-refractivity contribution in [2.75, 3.05) is 5.32 Å². The normalized spacial score (nSPS) is 21.3. The molecule has 5 nitrogen and oxygen atoms in total. The monoisotopic (exact) mass is 351 g/mol. The highest BCUT2D eigenvalue weighted by molar-refractivity contribution is 7.10. The second-order valence-electron chi connectivity index (χ2n) is 4.77. The summed E-state index contributed by atoms with van der Waals surface area (Å²) in [5.41, 5.74) is -0.592. The number of hydrogen-bond acceptors (Lipinski definition) is 4. The Morgan fingerprint density at radius 2 is 2.27 bits per heavy atom. The molecule has 10 heteroatoms. The third-order valence-electron chi connectivity index (χ3n) is 3.38. The van der Waals surface area contributed by atoms with Gasteiger partial charge in [0.15, 0.2) is 11.7 Å². The molecule has 0 aliphatic carbocycles. The molecule has 0 amide bonds. The van der Waals surface area contributed by atoms with Crippen LogP contribution < -0.4 is 5.32 Å². The van der Waals surface area contributed by atoms with Crippen LogP contribution >= 0.6 is 22.9 Å². The minimum absolute atomic E-state index is 0.119. The number of fused-ring (bicyclic) bond motifs is 1. The van der Waals surface area contributed by atoms with E-state index in [4.69, 9.17) is 16.7 Å². The highest BCUT2D eigenvalue weighted by atomic mass is 35.5. The van der Waals surface area contributed by atoms with Gasteiger partial charge in [0.25, 0.3) is 0 Å². The predicted octanol–water partition coefficient (Wildman–Crippen LogP) is 3.96. The van der Waals surface area contributed by atoms with Gasteiger partial charge in [0.05, 0.1) is 6.04 Å². The van der Waals surface area contributed by atoms with Crippen molar-refractivity contribution < 1.29 is 23.1 Å². The molecule has 0 radical (unpaired) electrons. The molecule has 1 aliphatic heterocycles. The quantitative estimate of drug-likeness (QED) is 0.859. The first-order chi connectivity index (χ1) is 10.3.